The van der Waals surface area contributed by atoms with Crippen molar-refractivity contribution in [2.75, 3.05) is 39.6 Å². The minimum atomic E-state index is -0.503. The summed E-state index contributed by atoms with van der Waals surface area (Å²) in [7, 11) is 1.80. The summed E-state index contributed by atoms with van der Waals surface area (Å²) >= 11 is 11.2. The Balaban J connectivity index is 1.45. The molecular formula is C30H38ClN7O3S. The molecule has 0 radical (unpaired) electrons. The second-order valence-corrected chi connectivity index (χ2v) is 12.3. The zero-order valence-electron chi connectivity index (χ0n) is 24.3. The standard InChI is InChI=1S/C30H38ClN7O3S/c1-30(2,38-18-33-29(42)34-19-38)9-8-22-14-21(17-37-10-12-41-13-11-37)15-24-26(22)36(3)35-25(27(24)39)28(40)32-16-20-4-6-23(31)7-5-20/h4-7,14-15H,8-13,16-19H2,1-3H3,(H,32,40)(H2,33,34,42). The number of nitrogens with zero attached hydrogens (tertiary/aromatic N) is 4. The van der Waals surface area contributed by atoms with Gasteiger partial charge in [-0.15, -0.1) is 0 Å². The van der Waals surface area contributed by atoms with Crippen LogP contribution in [0.5, 0.6) is 0 Å². The number of carbonyl (C=O) groups excluding carboxylic acids is 1. The molecule has 10 nitrogen and oxygen atoms in total. The monoisotopic (exact) mass is 611 g/mol. The number of thiocarbonyl (C=S) groups is 1. The lowest BCUT2D eigenvalue weighted by molar-refractivity contribution is 0.0342. The fourth-order valence-electron chi connectivity index (χ4n) is 5.48. The highest BCUT2D eigenvalue weighted by Crippen LogP contribution is 2.26. The number of rotatable bonds is 9. The topological polar surface area (TPSA) is 104 Å². The van der Waals surface area contributed by atoms with Crippen LogP contribution in [0.4, 0.5) is 0 Å². The number of fused-ring (bicyclic) bond motifs is 1. The fraction of sp³-hybridized carbons (Fsp3) is 0.467. The minimum absolute atomic E-state index is 0.116. The van der Waals surface area contributed by atoms with E-state index >= 15 is 0 Å². The van der Waals surface area contributed by atoms with Gasteiger partial charge in [0.2, 0.25) is 5.43 Å². The predicted octanol–water partition coefficient (Wildman–Crippen LogP) is 2.75. The molecule has 3 N–H and O–H groups in total. The molecule has 2 saturated heterocycles. The van der Waals surface area contributed by atoms with E-state index in [1.807, 2.05) is 18.2 Å². The number of aryl methyl sites for hydroxylation is 2. The van der Waals surface area contributed by atoms with Crippen LogP contribution in [-0.2, 0) is 31.3 Å². The van der Waals surface area contributed by atoms with Crippen LogP contribution in [0.2, 0.25) is 5.02 Å². The summed E-state index contributed by atoms with van der Waals surface area (Å²) in [5.74, 6) is -0.503. The molecule has 2 aromatic carbocycles. The molecule has 3 aromatic rings. The van der Waals surface area contributed by atoms with Crippen LogP contribution in [0.3, 0.4) is 0 Å². The van der Waals surface area contributed by atoms with Crippen molar-refractivity contribution in [2.45, 2.75) is 45.3 Å². The number of ether oxygens (including phenoxy) is 1. The molecule has 2 aliphatic rings. The number of carbonyl (C=O) groups is 1. The van der Waals surface area contributed by atoms with Gasteiger partial charge in [-0.1, -0.05) is 29.8 Å². The van der Waals surface area contributed by atoms with Gasteiger partial charge in [0, 0.05) is 43.8 Å². The Bertz CT molecular complexity index is 1510. The van der Waals surface area contributed by atoms with E-state index in [0.29, 0.717) is 48.6 Å². The van der Waals surface area contributed by atoms with Gasteiger partial charge in [-0.05, 0) is 73.8 Å². The number of morpholine rings is 1. The molecule has 12 heteroatoms. The molecule has 42 heavy (non-hydrogen) atoms. The van der Waals surface area contributed by atoms with E-state index in [0.717, 1.165) is 48.1 Å². The molecule has 0 saturated carbocycles. The maximum absolute atomic E-state index is 13.8. The number of halogens is 1. The van der Waals surface area contributed by atoms with Crippen LogP contribution in [0.1, 0.15) is 47.4 Å². The van der Waals surface area contributed by atoms with Crippen molar-refractivity contribution in [1.82, 2.24) is 35.5 Å². The number of nitrogens with one attached hydrogen (secondary N) is 3. The van der Waals surface area contributed by atoms with E-state index < -0.39 is 5.91 Å². The van der Waals surface area contributed by atoms with Gasteiger partial charge < -0.3 is 20.7 Å². The Morgan fingerprint density at radius 3 is 2.50 bits per heavy atom. The largest absolute Gasteiger partial charge is 0.379 e. The molecule has 0 atom stereocenters. The van der Waals surface area contributed by atoms with Gasteiger partial charge in [-0.3, -0.25) is 24.1 Å². The summed E-state index contributed by atoms with van der Waals surface area (Å²) in [5.41, 5.74) is 3.10. The van der Waals surface area contributed by atoms with Crippen LogP contribution in [0.15, 0.2) is 41.2 Å². The number of aromatic nitrogens is 2. The van der Waals surface area contributed by atoms with Gasteiger partial charge in [0.1, 0.15) is 0 Å². The van der Waals surface area contributed by atoms with Crippen LogP contribution >= 0.6 is 23.8 Å². The van der Waals surface area contributed by atoms with Gasteiger partial charge in [0.05, 0.1) is 37.5 Å². The lowest BCUT2D eigenvalue weighted by Crippen LogP contribution is -2.60. The van der Waals surface area contributed by atoms with Crippen molar-refractivity contribution in [3.8, 4) is 0 Å². The third kappa shape index (κ3) is 7.09. The Labute approximate surface area is 256 Å². The van der Waals surface area contributed by atoms with Crippen LogP contribution in [-0.4, -0.2) is 75.8 Å². The predicted molar refractivity (Wildman–Crippen MR) is 169 cm³/mol. The second-order valence-electron chi connectivity index (χ2n) is 11.5. The summed E-state index contributed by atoms with van der Waals surface area (Å²) in [6.07, 6.45) is 1.58. The number of benzene rings is 2. The molecule has 1 aromatic heterocycles. The maximum Gasteiger partial charge on any atom is 0.276 e. The van der Waals surface area contributed by atoms with E-state index in [4.69, 9.17) is 28.6 Å². The van der Waals surface area contributed by atoms with E-state index in [-0.39, 0.29) is 23.2 Å². The SMILES string of the molecule is Cn1nc(C(=O)NCc2ccc(Cl)cc2)c(=O)c2cc(CN3CCOCC3)cc(CCC(C)(C)N3CNC(=S)NC3)c21. The highest BCUT2D eigenvalue weighted by atomic mass is 35.5. The van der Waals surface area contributed by atoms with Gasteiger partial charge >= 0.3 is 0 Å². The summed E-state index contributed by atoms with van der Waals surface area (Å²) in [4.78, 5) is 31.7. The summed E-state index contributed by atoms with van der Waals surface area (Å²) in [6.45, 7) is 9.80. The molecule has 1 amide bonds. The Hall–Kier alpha value is -3.09. The first-order valence-electron chi connectivity index (χ1n) is 14.2. The molecule has 0 aliphatic carbocycles. The molecular weight excluding hydrogens is 574 g/mol. The third-order valence-electron chi connectivity index (χ3n) is 8.10. The number of amides is 1. The van der Waals surface area contributed by atoms with E-state index in [9.17, 15) is 9.59 Å². The van der Waals surface area contributed by atoms with Crippen LogP contribution < -0.4 is 21.4 Å². The molecule has 0 bridgehead atoms. The lowest BCUT2D eigenvalue weighted by atomic mass is 9.91. The van der Waals surface area contributed by atoms with E-state index in [1.165, 1.54) is 0 Å². The van der Waals surface area contributed by atoms with Gasteiger partial charge in [-0.2, -0.15) is 5.10 Å². The van der Waals surface area contributed by atoms with Crippen molar-refractivity contribution in [2.24, 2.45) is 7.05 Å². The average Bonchev–Trinajstić information content (AvgIpc) is 2.98. The molecule has 5 rings (SSSR count). The lowest BCUT2D eigenvalue weighted by Gasteiger charge is -2.42. The van der Waals surface area contributed by atoms with Crippen molar-refractivity contribution >= 4 is 45.7 Å². The second kappa shape index (κ2) is 13.0. The van der Waals surface area contributed by atoms with Crippen LogP contribution in [0, 0.1) is 0 Å². The molecule has 0 unspecified atom stereocenters. The maximum atomic E-state index is 13.8. The summed E-state index contributed by atoms with van der Waals surface area (Å²) < 4.78 is 7.21. The first-order chi connectivity index (χ1) is 20.1. The van der Waals surface area contributed by atoms with E-state index in [1.54, 1.807) is 23.9 Å². The summed E-state index contributed by atoms with van der Waals surface area (Å²) in [5, 5.41) is 15.5. The molecule has 3 heterocycles. The van der Waals surface area contributed by atoms with Gasteiger partial charge in [-0.25, -0.2) is 0 Å². The zero-order chi connectivity index (χ0) is 29.9. The Kier molecular flexibility index (Phi) is 9.44. The minimum Gasteiger partial charge on any atom is -0.379 e. The fourth-order valence-corrected chi connectivity index (χ4v) is 5.74. The highest BCUT2D eigenvalue weighted by Gasteiger charge is 2.29. The zero-order valence-corrected chi connectivity index (χ0v) is 25.9. The normalized spacial score (nSPS) is 16.7. The Morgan fingerprint density at radius 1 is 1.12 bits per heavy atom. The number of hydrogen-bond donors (Lipinski definition) is 3. The van der Waals surface area contributed by atoms with E-state index in [2.05, 4.69) is 50.8 Å². The smallest absolute Gasteiger partial charge is 0.276 e. The summed E-state index contributed by atoms with van der Waals surface area (Å²) in [6, 6.07) is 11.3. The van der Waals surface area contributed by atoms with Crippen molar-refractivity contribution < 1.29 is 9.53 Å². The molecule has 0 spiro atoms. The Morgan fingerprint density at radius 2 is 1.81 bits per heavy atom. The first kappa shape index (κ1) is 30.4. The molecule has 224 valence electrons. The molecule has 2 fully saturated rings. The first-order valence-corrected chi connectivity index (χ1v) is 15.0. The van der Waals surface area contributed by atoms with Crippen molar-refractivity contribution in [1.29, 1.82) is 0 Å². The average molecular weight is 612 g/mol. The number of hydrogen-bond acceptors (Lipinski definition) is 7. The molecule has 2 aliphatic heterocycles. The van der Waals surface area contributed by atoms with Crippen molar-refractivity contribution in [3.63, 3.8) is 0 Å². The third-order valence-corrected chi connectivity index (χ3v) is 8.64. The van der Waals surface area contributed by atoms with Crippen molar-refractivity contribution in [3.05, 3.63) is 74.0 Å². The van der Waals surface area contributed by atoms with Crippen LogP contribution in [0.25, 0.3) is 10.9 Å². The quantitative estimate of drug-likeness (QED) is 0.315. The van der Waals surface area contributed by atoms with Gasteiger partial charge in [0.15, 0.2) is 10.8 Å². The highest BCUT2D eigenvalue weighted by molar-refractivity contribution is 7.80. The van der Waals surface area contributed by atoms with Gasteiger partial charge in [0.25, 0.3) is 5.91 Å².